The van der Waals surface area contributed by atoms with E-state index in [9.17, 15) is 4.79 Å². The third-order valence-corrected chi connectivity index (χ3v) is 3.77. The fraction of sp³-hybridized carbons (Fsp3) is 0.643. The van der Waals surface area contributed by atoms with Gasteiger partial charge in [0.25, 0.3) is 5.91 Å². The van der Waals surface area contributed by atoms with E-state index in [4.69, 9.17) is 5.73 Å². The Labute approximate surface area is 109 Å². The van der Waals surface area contributed by atoms with Gasteiger partial charge in [-0.3, -0.25) is 4.79 Å². The van der Waals surface area contributed by atoms with Gasteiger partial charge in [0, 0.05) is 19.3 Å². The summed E-state index contributed by atoms with van der Waals surface area (Å²) in [5.74, 6) is 1.37. The summed E-state index contributed by atoms with van der Waals surface area (Å²) in [6.45, 7) is 4.52. The Kier molecular flexibility index (Phi) is 3.64. The van der Waals surface area contributed by atoms with Crippen LogP contribution in [0.2, 0.25) is 0 Å². The van der Waals surface area contributed by atoms with Gasteiger partial charge in [0.15, 0.2) is 0 Å². The maximum atomic E-state index is 12.2. The van der Waals surface area contributed by atoms with E-state index in [0.29, 0.717) is 29.3 Å². The number of carbonyl (C=O) groups excluding carboxylic acids is 1. The number of carbonyl (C=O) groups is 1. The van der Waals surface area contributed by atoms with Crippen LogP contribution in [0, 0.1) is 11.8 Å². The molecule has 0 bridgehead atoms. The zero-order valence-corrected chi connectivity index (χ0v) is 11.4. The van der Waals surface area contributed by atoms with Crippen molar-refractivity contribution in [1.29, 1.82) is 0 Å². The van der Waals surface area contributed by atoms with Crippen LogP contribution in [-0.4, -0.2) is 16.5 Å². The molecule has 1 aromatic rings. The molecule has 0 aliphatic heterocycles. The number of anilines is 1. The Morgan fingerprint density at radius 1 is 1.33 bits per heavy atom. The van der Waals surface area contributed by atoms with E-state index >= 15 is 0 Å². The zero-order valence-electron chi connectivity index (χ0n) is 11.4. The molecule has 1 amide bonds. The van der Waals surface area contributed by atoms with Gasteiger partial charge in [-0.2, -0.15) is 0 Å². The van der Waals surface area contributed by atoms with Crippen LogP contribution in [0.1, 0.15) is 43.6 Å². The molecule has 0 saturated heterocycles. The predicted octanol–water partition coefficient (Wildman–Crippen LogP) is 2.16. The van der Waals surface area contributed by atoms with Gasteiger partial charge in [0.2, 0.25) is 0 Å². The molecule has 2 atom stereocenters. The fourth-order valence-electron chi connectivity index (χ4n) is 3.14. The average molecular weight is 249 g/mol. The molecule has 3 N–H and O–H groups in total. The maximum absolute atomic E-state index is 12.2. The first kappa shape index (κ1) is 13.0. The summed E-state index contributed by atoms with van der Waals surface area (Å²) < 4.78 is 1.78. The van der Waals surface area contributed by atoms with Crippen molar-refractivity contribution < 1.29 is 4.79 Å². The first-order valence-corrected chi connectivity index (χ1v) is 6.68. The van der Waals surface area contributed by atoms with Crippen molar-refractivity contribution in [2.75, 3.05) is 5.73 Å². The second kappa shape index (κ2) is 5.04. The van der Waals surface area contributed by atoms with E-state index < -0.39 is 0 Å². The van der Waals surface area contributed by atoms with Crippen molar-refractivity contribution in [3.05, 3.63) is 18.0 Å². The number of aryl methyl sites for hydroxylation is 1. The molecule has 0 spiro atoms. The van der Waals surface area contributed by atoms with Crippen molar-refractivity contribution in [2.24, 2.45) is 18.9 Å². The number of nitrogen functional groups attached to an aromatic ring is 1. The largest absolute Gasteiger partial charge is 0.397 e. The molecule has 4 heteroatoms. The number of nitrogens with two attached hydrogens (primary N) is 1. The number of hydrogen-bond acceptors (Lipinski definition) is 2. The minimum Gasteiger partial charge on any atom is -0.397 e. The second-order valence-corrected chi connectivity index (χ2v) is 5.86. The van der Waals surface area contributed by atoms with Gasteiger partial charge in [0.05, 0.1) is 5.69 Å². The molecule has 1 saturated carbocycles. The monoisotopic (exact) mass is 249 g/mol. The van der Waals surface area contributed by atoms with Gasteiger partial charge in [-0.25, -0.2) is 0 Å². The summed E-state index contributed by atoms with van der Waals surface area (Å²) in [7, 11) is 1.84. The van der Waals surface area contributed by atoms with Crippen LogP contribution in [0.5, 0.6) is 0 Å². The lowest BCUT2D eigenvalue weighted by molar-refractivity contribution is 0.0903. The first-order chi connectivity index (χ1) is 8.45. The average Bonchev–Trinajstić information content (AvgIpc) is 2.56. The zero-order chi connectivity index (χ0) is 13.3. The van der Waals surface area contributed by atoms with E-state index in [1.807, 2.05) is 7.05 Å². The number of aromatic nitrogens is 1. The van der Waals surface area contributed by atoms with E-state index in [-0.39, 0.29) is 5.91 Å². The topological polar surface area (TPSA) is 60.1 Å². The molecule has 2 rings (SSSR count). The molecule has 1 fully saturated rings. The maximum Gasteiger partial charge on any atom is 0.268 e. The lowest BCUT2D eigenvalue weighted by Gasteiger charge is -2.31. The normalized spacial score (nSPS) is 28.1. The van der Waals surface area contributed by atoms with E-state index in [2.05, 4.69) is 19.2 Å². The molecule has 18 heavy (non-hydrogen) atoms. The molecule has 1 aromatic heterocycles. The van der Waals surface area contributed by atoms with Gasteiger partial charge < -0.3 is 15.6 Å². The molecule has 1 aliphatic rings. The SMILES string of the molecule is CC1CC(C)CC(NC(=O)c2cc(N)cn2C)C1. The van der Waals surface area contributed by atoms with Crippen molar-refractivity contribution in [3.8, 4) is 0 Å². The number of amides is 1. The van der Waals surface area contributed by atoms with E-state index in [1.54, 1.807) is 16.8 Å². The minimum absolute atomic E-state index is 0.0134. The van der Waals surface area contributed by atoms with Gasteiger partial charge in [-0.1, -0.05) is 13.8 Å². The number of rotatable bonds is 2. The third kappa shape index (κ3) is 2.86. The molecule has 0 aromatic carbocycles. The van der Waals surface area contributed by atoms with Crippen LogP contribution in [0.4, 0.5) is 5.69 Å². The molecule has 1 aliphatic carbocycles. The lowest BCUT2D eigenvalue weighted by atomic mass is 9.80. The molecule has 1 heterocycles. The van der Waals surface area contributed by atoms with Crippen molar-refractivity contribution in [2.45, 2.75) is 39.2 Å². The van der Waals surface area contributed by atoms with Gasteiger partial charge in [-0.15, -0.1) is 0 Å². The standard InChI is InChI=1S/C14H23N3O/c1-9-4-10(2)6-12(5-9)16-14(18)13-7-11(15)8-17(13)3/h7-10,12H,4-6,15H2,1-3H3,(H,16,18). The number of nitrogens with zero attached hydrogens (tertiary/aromatic N) is 1. The smallest absolute Gasteiger partial charge is 0.268 e. The van der Waals surface area contributed by atoms with Crippen molar-refractivity contribution in [3.63, 3.8) is 0 Å². The summed E-state index contributed by atoms with van der Waals surface area (Å²) in [4.78, 5) is 12.2. The molecule has 2 unspecified atom stereocenters. The Morgan fingerprint density at radius 3 is 2.44 bits per heavy atom. The Balaban J connectivity index is 2.01. The van der Waals surface area contributed by atoms with Crippen LogP contribution < -0.4 is 11.1 Å². The Hall–Kier alpha value is -1.45. The quantitative estimate of drug-likeness (QED) is 0.843. The second-order valence-electron chi connectivity index (χ2n) is 5.86. The molecule has 0 radical (unpaired) electrons. The van der Waals surface area contributed by atoms with Gasteiger partial charge >= 0.3 is 0 Å². The highest BCUT2D eigenvalue weighted by atomic mass is 16.2. The fourth-order valence-corrected chi connectivity index (χ4v) is 3.14. The van der Waals surface area contributed by atoms with Crippen molar-refractivity contribution >= 4 is 11.6 Å². The lowest BCUT2D eigenvalue weighted by Crippen LogP contribution is -2.40. The Bertz CT molecular complexity index is 428. The van der Waals surface area contributed by atoms with Crippen LogP contribution in [0.25, 0.3) is 0 Å². The molecule has 100 valence electrons. The number of hydrogen-bond donors (Lipinski definition) is 2. The first-order valence-electron chi connectivity index (χ1n) is 6.68. The highest BCUT2D eigenvalue weighted by Gasteiger charge is 2.25. The van der Waals surface area contributed by atoms with Crippen LogP contribution in [0.15, 0.2) is 12.3 Å². The van der Waals surface area contributed by atoms with Gasteiger partial charge in [-0.05, 0) is 37.2 Å². The number of nitrogens with one attached hydrogen (secondary N) is 1. The highest BCUT2D eigenvalue weighted by Crippen LogP contribution is 2.28. The van der Waals surface area contributed by atoms with Gasteiger partial charge in [0.1, 0.15) is 5.69 Å². The summed E-state index contributed by atoms with van der Waals surface area (Å²) in [5, 5.41) is 3.13. The van der Waals surface area contributed by atoms with E-state index in [0.717, 1.165) is 12.8 Å². The highest BCUT2D eigenvalue weighted by molar-refractivity contribution is 5.93. The van der Waals surface area contributed by atoms with E-state index in [1.165, 1.54) is 6.42 Å². The Morgan fingerprint density at radius 2 is 1.94 bits per heavy atom. The third-order valence-electron chi connectivity index (χ3n) is 3.77. The van der Waals surface area contributed by atoms with Crippen LogP contribution in [0.3, 0.4) is 0 Å². The minimum atomic E-state index is -0.0134. The summed E-state index contributed by atoms with van der Waals surface area (Å²) in [6.07, 6.45) is 5.19. The summed E-state index contributed by atoms with van der Waals surface area (Å²) in [5.41, 5.74) is 6.96. The summed E-state index contributed by atoms with van der Waals surface area (Å²) >= 11 is 0. The van der Waals surface area contributed by atoms with Crippen molar-refractivity contribution in [1.82, 2.24) is 9.88 Å². The molecule has 4 nitrogen and oxygen atoms in total. The summed E-state index contributed by atoms with van der Waals surface area (Å²) in [6, 6.07) is 2.03. The predicted molar refractivity (Wildman–Crippen MR) is 73.3 cm³/mol. The van der Waals surface area contributed by atoms with Crippen LogP contribution in [-0.2, 0) is 7.05 Å². The molecular weight excluding hydrogens is 226 g/mol. The molecular formula is C14H23N3O. The van der Waals surface area contributed by atoms with Crippen LogP contribution >= 0.6 is 0 Å².